The van der Waals surface area contributed by atoms with Crippen LogP contribution in [0, 0.1) is 5.92 Å². The van der Waals surface area contributed by atoms with Gasteiger partial charge in [0.15, 0.2) is 5.66 Å². The summed E-state index contributed by atoms with van der Waals surface area (Å²) in [6.07, 6.45) is 4.25. The number of urea groups is 1. The molecule has 2 aliphatic heterocycles. The minimum absolute atomic E-state index is 0.184. The zero-order valence-electron chi connectivity index (χ0n) is 18.3. The topological polar surface area (TPSA) is 78.0 Å². The molecule has 1 atom stereocenters. The molecule has 0 spiro atoms. The van der Waals surface area contributed by atoms with E-state index in [1.54, 1.807) is 11.8 Å². The number of carbonyl (C=O) groups excluding carboxylic acids is 1. The number of thioether (sulfide) groups is 1. The van der Waals surface area contributed by atoms with E-state index in [4.69, 9.17) is 9.73 Å². The second-order valence-corrected chi connectivity index (χ2v) is 9.04. The van der Waals surface area contributed by atoms with Gasteiger partial charge in [0.25, 0.3) is 0 Å². The van der Waals surface area contributed by atoms with Crippen molar-refractivity contribution >= 4 is 29.3 Å². The summed E-state index contributed by atoms with van der Waals surface area (Å²) in [5, 5.41) is 9.36. The highest BCUT2D eigenvalue weighted by Gasteiger charge is 2.31. The Balaban J connectivity index is 1.76. The number of amidine groups is 1. The third-order valence-corrected chi connectivity index (χ3v) is 5.66. The zero-order chi connectivity index (χ0) is 21.6. The number of hydrogen-bond acceptors (Lipinski definition) is 6. The van der Waals surface area contributed by atoms with Crippen LogP contribution in [-0.4, -0.2) is 61.6 Å². The summed E-state index contributed by atoms with van der Waals surface area (Å²) in [5.41, 5.74) is 2.41. The van der Waals surface area contributed by atoms with E-state index < -0.39 is 5.66 Å². The van der Waals surface area contributed by atoms with Crippen molar-refractivity contribution in [1.82, 2.24) is 15.5 Å². The number of aliphatic imine (C=N–C) groups is 1. The average Bonchev–Trinajstić information content (AvgIpc) is 2.73. The van der Waals surface area contributed by atoms with E-state index in [0.29, 0.717) is 12.5 Å². The normalized spacial score (nSPS) is 21.6. The number of amides is 2. The van der Waals surface area contributed by atoms with E-state index in [2.05, 4.69) is 54.0 Å². The van der Waals surface area contributed by atoms with Crippen molar-refractivity contribution in [3.63, 3.8) is 0 Å². The molecule has 30 heavy (non-hydrogen) atoms. The summed E-state index contributed by atoms with van der Waals surface area (Å²) >= 11 is 1.79. The van der Waals surface area contributed by atoms with Gasteiger partial charge in [-0.1, -0.05) is 26.0 Å². The number of anilines is 1. The van der Waals surface area contributed by atoms with Crippen molar-refractivity contribution in [2.75, 3.05) is 50.2 Å². The van der Waals surface area contributed by atoms with Gasteiger partial charge in [-0.15, -0.1) is 0 Å². The summed E-state index contributed by atoms with van der Waals surface area (Å²) < 4.78 is 5.50. The van der Waals surface area contributed by atoms with Gasteiger partial charge in [-0.3, -0.25) is 0 Å². The summed E-state index contributed by atoms with van der Waals surface area (Å²) in [7, 11) is 0. The highest BCUT2D eigenvalue weighted by molar-refractivity contribution is 7.98. The second kappa shape index (κ2) is 10.2. The lowest BCUT2D eigenvalue weighted by Crippen LogP contribution is -2.47. The van der Waals surface area contributed by atoms with Crippen molar-refractivity contribution in [3.8, 4) is 0 Å². The standard InChI is InChI=1S/C22H33N5O2S/c1-16(2)14-23-21(28)24-18-7-5-17(6-8-18)22(3)25-19(15-30-4)13-20(26-22)27-9-11-29-12-10-27/h5-8,13,16,25H,9-12,14-15H2,1-4H3,(H2,23,24,28). The average molecular weight is 432 g/mol. The van der Waals surface area contributed by atoms with Gasteiger partial charge in [-0.2, -0.15) is 11.8 Å². The van der Waals surface area contributed by atoms with Crippen LogP contribution >= 0.6 is 11.8 Å². The van der Waals surface area contributed by atoms with Gasteiger partial charge in [-0.25, -0.2) is 9.79 Å². The van der Waals surface area contributed by atoms with Gasteiger partial charge in [0.2, 0.25) is 0 Å². The molecule has 0 saturated carbocycles. The molecule has 7 nitrogen and oxygen atoms in total. The van der Waals surface area contributed by atoms with Gasteiger partial charge in [0.05, 0.1) is 13.2 Å². The third kappa shape index (κ3) is 5.92. The van der Waals surface area contributed by atoms with Gasteiger partial charge in [-0.05, 0) is 36.8 Å². The minimum atomic E-state index is -0.564. The maximum Gasteiger partial charge on any atom is 0.319 e. The van der Waals surface area contributed by atoms with Crippen molar-refractivity contribution in [1.29, 1.82) is 0 Å². The Morgan fingerprint density at radius 2 is 2.00 bits per heavy atom. The molecule has 8 heteroatoms. The smallest absolute Gasteiger partial charge is 0.319 e. The van der Waals surface area contributed by atoms with Crippen LogP contribution in [0.2, 0.25) is 0 Å². The van der Waals surface area contributed by atoms with Gasteiger partial charge < -0.3 is 25.6 Å². The summed E-state index contributed by atoms with van der Waals surface area (Å²) in [4.78, 5) is 19.4. The van der Waals surface area contributed by atoms with Crippen LogP contribution in [0.15, 0.2) is 41.0 Å². The molecule has 2 amide bonds. The van der Waals surface area contributed by atoms with Gasteiger partial charge in [0, 0.05) is 42.8 Å². The summed E-state index contributed by atoms with van der Waals surface area (Å²) in [5.74, 6) is 2.31. The Labute approximate surface area is 183 Å². The highest BCUT2D eigenvalue weighted by Crippen LogP contribution is 2.29. The molecule has 164 valence electrons. The van der Waals surface area contributed by atoms with Crippen LogP contribution in [0.4, 0.5) is 10.5 Å². The molecule has 0 bridgehead atoms. The fraction of sp³-hybridized carbons (Fsp3) is 0.545. The van der Waals surface area contributed by atoms with Crippen LogP contribution in [0.1, 0.15) is 26.3 Å². The lowest BCUT2D eigenvalue weighted by atomic mass is 9.99. The number of nitrogens with zero attached hydrogens (tertiary/aromatic N) is 2. The van der Waals surface area contributed by atoms with Crippen molar-refractivity contribution in [2.45, 2.75) is 26.4 Å². The van der Waals surface area contributed by atoms with Crippen molar-refractivity contribution in [2.24, 2.45) is 10.9 Å². The van der Waals surface area contributed by atoms with Crippen LogP contribution in [0.5, 0.6) is 0 Å². The van der Waals surface area contributed by atoms with Crippen molar-refractivity contribution < 1.29 is 9.53 Å². The SMILES string of the molecule is CSCC1=CC(N2CCOCC2)=NC(C)(c2ccc(NC(=O)NCC(C)C)cc2)N1. The second-order valence-electron chi connectivity index (χ2n) is 8.18. The molecule has 3 N–H and O–H groups in total. The van der Waals surface area contributed by atoms with Crippen LogP contribution in [0.25, 0.3) is 0 Å². The molecule has 0 radical (unpaired) electrons. The van der Waals surface area contributed by atoms with E-state index in [0.717, 1.165) is 54.8 Å². The molecule has 0 aliphatic carbocycles. The van der Waals surface area contributed by atoms with Crippen LogP contribution in [0.3, 0.4) is 0 Å². The number of benzene rings is 1. The Kier molecular flexibility index (Phi) is 7.66. The monoisotopic (exact) mass is 431 g/mol. The highest BCUT2D eigenvalue weighted by atomic mass is 32.2. The summed E-state index contributed by atoms with van der Waals surface area (Å²) in [6, 6.07) is 7.71. The largest absolute Gasteiger partial charge is 0.378 e. The molecule has 0 aromatic heterocycles. The predicted octanol–water partition coefficient (Wildman–Crippen LogP) is 3.22. The van der Waals surface area contributed by atoms with Gasteiger partial charge >= 0.3 is 6.03 Å². The number of carbonyl (C=O) groups is 1. The molecule has 1 aromatic carbocycles. The first-order valence-electron chi connectivity index (χ1n) is 10.5. The molecule has 2 aliphatic rings. The molecule has 1 saturated heterocycles. The molecule has 1 unspecified atom stereocenters. The first-order valence-corrected chi connectivity index (χ1v) is 11.8. The third-order valence-electron chi connectivity index (χ3n) is 5.06. The van der Waals surface area contributed by atoms with Gasteiger partial charge in [0.1, 0.15) is 5.84 Å². The first-order chi connectivity index (χ1) is 14.4. The van der Waals surface area contributed by atoms with E-state index in [9.17, 15) is 4.79 Å². The minimum Gasteiger partial charge on any atom is -0.378 e. The number of ether oxygens (including phenoxy) is 1. The number of morpholine rings is 1. The lowest BCUT2D eigenvalue weighted by Gasteiger charge is -2.38. The Morgan fingerprint density at radius 1 is 1.30 bits per heavy atom. The number of nitrogens with one attached hydrogen (secondary N) is 3. The van der Waals surface area contributed by atoms with E-state index in [1.807, 2.05) is 24.3 Å². The van der Waals surface area contributed by atoms with E-state index >= 15 is 0 Å². The first kappa shape index (κ1) is 22.5. The Bertz CT molecular complexity index is 787. The van der Waals surface area contributed by atoms with Crippen LogP contribution < -0.4 is 16.0 Å². The number of rotatable bonds is 6. The predicted molar refractivity (Wildman–Crippen MR) is 125 cm³/mol. The van der Waals surface area contributed by atoms with E-state index in [1.165, 1.54) is 0 Å². The van der Waals surface area contributed by atoms with Crippen molar-refractivity contribution in [3.05, 3.63) is 41.6 Å². The molecular weight excluding hydrogens is 398 g/mol. The lowest BCUT2D eigenvalue weighted by molar-refractivity contribution is 0.0677. The van der Waals surface area contributed by atoms with Crippen LogP contribution in [-0.2, 0) is 10.4 Å². The quantitative estimate of drug-likeness (QED) is 0.645. The number of hydrogen-bond donors (Lipinski definition) is 3. The maximum atomic E-state index is 12.0. The maximum absolute atomic E-state index is 12.0. The summed E-state index contributed by atoms with van der Waals surface area (Å²) in [6.45, 7) is 10.0. The fourth-order valence-corrected chi connectivity index (χ4v) is 3.94. The zero-order valence-corrected chi connectivity index (χ0v) is 19.1. The molecular formula is C22H33N5O2S. The molecule has 2 heterocycles. The molecule has 3 rings (SSSR count). The Hall–Kier alpha value is -2.19. The van der Waals surface area contributed by atoms with E-state index in [-0.39, 0.29) is 6.03 Å². The fourth-order valence-electron chi connectivity index (χ4n) is 3.47. The molecule has 1 fully saturated rings. The molecule has 1 aromatic rings. The Morgan fingerprint density at radius 3 is 2.63 bits per heavy atom.